The molecule has 1 fully saturated rings. The molecule has 94 valence electrons. The summed E-state index contributed by atoms with van der Waals surface area (Å²) in [5.41, 5.74) is 1.28. The average Bonchev–Trinajstić information content (AvgIpc) is 2.33. The molecule has 17 heavy (non-hydrogen) atoms. The van der Waals surface area contributed by atoms with Crippen LogP contribution in [0.3, 0.4) is 0 Å². The first-order valence-corrected chi connectivity index (χ1v) is 6.30. The first-order valence-electron chi connectivity index (χ1n) is 6.30. The highest BCUT2D eigenvalue weighted by molar-refractivity contribution is 5.20. The third kappa shape index (κ3) is 3.98. The van der Waals surface area contributed by atoms with Crippen LogP contribution in [0.2, 0.25) is 0 Å². The molecule has 0 radical (unpaired) electrons. The molecule has 0 unspecified atom stereocenters. The van der Waals surface area contributed by atoms with Crippen molar-refractivity contribution in [2.45, 2.75) is 19.4 Å². The topological polar surface area (TPSA) is 37.4 Å². The van der Waals surface area contributed by atoms with Gasteiger partial charge in [-0.1, -0.05) is 0 Å². The van der Waals surface area contributed by atoms with Crippen molar-refractivity contribution in [1.82, 2.24) is 15.2 Å². The highest BCUT2D eigenvalue weighted by Crippen LogP contribution is 2.12. The van der Waals surface area contributed by atoms with Crippen LogP contribution >= 0.6 is 0 Å². The van der Waals surface area contributed by atoms with Crippen molar-refractivity contribution in [2.24, 2.45) is 0 Å². The van der Waals surface area contributed by atoms with Gasteiger partial charge >= 0.3 is 0 Å². The lowest BCUT2D eigenvalue weighted by Crippen LogP contribution is -2.33. The SMILES string of the molecule is COc1cc(CN2CCCNCCC2)ccn1. The fourth-order valence-corrected chi connectivity index (χ4v) is 2.17. The summed E-state index contributed by atoms with van der Waals surface area (Å²) in [7, 11) is 1.66. The van der Waals surface area contributed by atoms with Gasteiger partial charge in [0, 0.05) is 18.8 Å². The number of nitrogens with zero attached hydrogens (tertiary/aromatic N) is 2. The molecule has 1 N–H and O–H groups in total. The van der Waals surface area contributed by atoms with Crippen LogP contribution in [0.5, 0.6) is 5.88 Å². The minimum atomic E-state index is 0.705. The lowest BCUT2D eigenvalue weighted by Gasteiger charge is -2.24. The van der Waals surface area contributed by atoms with Crippen LogP contribution in [0, 0.1) is 0 Å². The van der Waals surface area contributed by atoms with Gasteiger partial charge in [0.1, 0.15) is 0 Å². The molecule has 1 aromatic heterocycles. The Morgan fingerprint density at radius 2 is 2.12 bits per heavy atom. The monoisotopic (exact) mass is 235 g/mol. The molecule has 4 heteroatoms. The highest BCUT2D eigenvalue weighted by Gasteiger charge is 2.08. The molecular weight excluding hydrogens is 214 g/mol. The predicted molar refractivity (Wildman–Crippen MR) is 68.2 cm³/mol. The summed E-state index contributed by atoms with van der Waals surface area (Å²) in [5.74, 6) is 0.705. The van der Waals surface area contributed by atoms with Crippen LogP contribution in [0.4, 0.5) is 0 Å². The zero-order valence-corrected chi connectivity index (χ0v) is 10.5. The summed E-state index contributed by atoms with van der Waals surface area (Å²) in [6, 6.07) is 4.09. The Labute approximate surface area is 103 Å². The van der Waals surface area contributed by atoms with E-state index in [-0.39, 0.29) is 0 Å². The van der Waals surface area contributed by atoms with E-state index in [0.717, 1.165) is 32.7 Å². The third-order valence-electron chi connectivity index (χ3n) is 3.07. The van der Waals surface area contributed by atoms with Gasteiger partial charge in [-0.05, 0) is 50.7 Å². The molecule has 0 aromatic carbocycles. The lowest BCUT2D eigenvalue weighted by atomic mass is 10.2. The number of aromatic nitrogens is 1. The molecule has 1 saturated heterocycles. The van der Waals surface area contributed by atoms with E-state index in [0.29, 0.717) is 5.88 Å². The largest absolute Gasteiger partial charge is 0.481 e. The molecule has 4 nitrogen and oxygen atoms in total. The second-order valence-electron chi connectivity index (χ2n) is 4.44. The van der Waals surface area contributed by atoms with Gasteiger partial charge < -0.3 is 10.1 Å². The maximum absolute atomic E-state index is 5.15. The first kappa shape index (κ1) is 12.3. The van der Waals surface area contributed by atoms with Gasteiger partial charge in [0.15, 0.2) is 0 Å². The fourth-order valence-electron chi connectivity index (χ4n) is 2.17. The molecule has 0 aliphatic carbocycles. The molecule has 1 aliphatic rings. The summed E-state index contributed by atoms with van der Waals surface area (Å²) in [6.07, 6.45) is 4.27. The minimum absolute atomic E-state index is 0.705. The standard InChI is InChI=1S/C13H21N3O/c1-17-13-10-12(4-7-15-13)11-16-8-2-5-14-6-3-9-16/h4,7,10,14H,2-3,5-6,8-9,11H2,1H3. The average molecular weight is 235 g/mol. The van der Waals surface area contributed by atoms with Crippen molar-refractivity contribution in [3.63, 3.8) is 0 Å². The fraction of sp³-hybridized carbons (Fsp3) is 0.615. The van der Waals surface area contributed by atoms with E-state index in [1.54, 1.807) is 7.11 Å². The molecule has 0 bridgehead atoms. The Morgan fingerprint density at radius 3 is 2.82 bits per heavy atom. The summed E-state index contributed by atoms with van der Waals surface area (Å²) in [5, 5.41) is 3.43. The van der Waals surface area contributed by atoms with Crippen molar-refractivity contribution in [1.29, 1.82) is 0 Å². The molecule has 0 atom stereocenters. The van der Waals surface area contributed by atoms with Gasteiger partial charge in [0.25, 0.3) is 0 Å². The Balaban J connectivity index is 1.93. The number of pyridine rings is 1. The zero-order chi connectivity index (χ0) is 11.9. The molecule has 0 spiro atoms. The Kier molecular flexibility index (Phi) is 4.76. The summed E-state index contributed by atoms with van der Waals surface area (Å²) in [4.78, 5) is 6.64. The number of hydrogen-bond acceptors (Lipinski definition) is 4. The Bertz CT molecular complexity index is 335. The molecule has 1 aromatic rings. The van der Waals surface area contributed by atoms with Gasteiger partial charge in [-0.3, -0.25) is 4.90 Å². The number of rotatable bonds is 3. The van der Waals surface area contributed by atoms with Crippen LogP contribution in [0.25, 0.3) is 0 Å². The van der Waals surface area contributed by atoms with Crippen LogP contribution in [0.1, 0.15) is 18.4 Å². The Morgan fingerprint density at radius 1 is 1.35 bits per heavy atom. The van der Waals surface area contributed by atoms with Gasteiger partial charge in [0.2, 0.25) is 5.88 Å². The molecule has 2 heterocycles. The van der Waals surface area contributed by atoms with Crippen molar-refractivity contribution >= 4 is 0 Å². The van der Waals surface area contributed by atoms with Gasteiger partial charge in [-0.2, -0.15) is 0 Å². The van der Waals surface area contributed by atoms with Crippen LogP contribution in [-0.4, -0.2) is 43.2 Å². The van der Waals surface area contributed by atoms with Crippen molar-refractivity contribution in [3.8, 4) is 5.88 Å². The Hall–Kier alpha value is -1.13. The molecular formula is C13H21N3O. The van der Waals surface area contributed by atoms with E-state index in [4.69, 9.17) is 4.74 Å². The zero-order valence-electron chi connectivity index (χ0n) is 10.5. The minimum Gasteiger partial charge on any atom is -0.481 e. The van der Waals surface area contributed by atoms with E-state index < -0.39 is 0 Å². The lowest BCUT2D eigenvalue weighted by molar-refractivity contribution is 0.244. The smallest absolute Gasteiger partial charge is 0.213 e. The second kappa shape index (κ2) is 6.57. The highest BCUT2D eigenvalue weighted by atomic mass is 16.5. The van der Waals surface area contributed by atoms with Gasteiger partial charge in [-0.15, -0.1) is 0 Å². The van der Waals surface area contributed by atoms with Crippen LogP contribution < -0.4 is 10.1 Å². The van der Waals surface area contributed by atoms with Gasteiger partial charge in [0.05, 0.1) is 7.11 Å². The van der Waals surface area contributed by atoms with E-state index in [1.807, 2.05) is 12.3 Å². The maximum Gasteiger partial charge on any atom is 0.213 e. The van der Waals surface area contributed by atoms with Crippen LogP contribution in [0.15, 0.2) is 18.3 Å². The number of methoxy groups -OCH3 is 1. The third-order valence-corrected chi connectivity index (χ3v) is 3.07. The van der Waals surface area contributed by atoms with Crippen molar-refractivity contribution in [2.75, 3.05) is 33.3 Å². The van der Waals surface area contributed by atoms with E-state index in [2.05, 4.69) is 21.3 Å². The van der Waals surface area contributed by atoms with Gasteiger partial charge in [-0.25, -0.2) is 4.98 Å². The normalized spacial score (nSPS) is 18.4. The predicted octanol–water partition coefficient (Wildman–Crippen LogP) is 1.28. The number of nitrogens with one attached hydrogen (secondary N) is 1. The summed E-state index contributed by atoms with van der Waals surface area (Å²) >= 11 is 0. The van der Waals surface area contributed by atoms with E-state index in [1.165, 1.54) is 18.4 Å². The van der Waals surface area contributed by atoms with Crippen molar-refractivity contribution < 1.29 is 4.74 Å². The summed E-state index contributed by atoms with van der Waals surface area (Å²) in [6.45, 7) is 5.60. The van der Waals surface area contributed by atoms with Crippen molar-refractivity contribution in [3.05, 3.63) is 23.9 Å². The second-order valence-corrected chi connectivity index (χ2v) is 4.44. The molecule has 0 amide bonds. The number of ether oxygens (including phenoxy) is 1. The quantitative estimate of drug-likeness (QED) is 0.856. The van der Waals surface area contributed by atoms with E-state index >= 15 is 0 Å². The molecule has 2 rings (SSSR count). The van der Waals surface area contributed by atoms with Crippen LogP contribution in [-0.2, 0) is 6.54 Å². The number of hydrogen-bond donors (Lipinski definition) is 1. The summed E-state index contributed by atoms with van der Waals surface area (Å²) < 4.78 is 5.15. The molecule has 0 saturated carbocycles. The maximum atomic E-state index is 5.15. The molecule has 1 aliphatic heterocycles. The van der Waals surface area contributed by atoms with E-state index in [9.17, 15) is 0 Å². The first-order chi connectivity index (χ1) is 8.38.